The lowest BCUT2D eigenvalue weighted by Gasteiger charge is -2.51. The van der Waals surface area contributed by atoms with Crippen LogP contribution in [0, 0.1) is 0 Å². The van der Waals surface area contributed by atoms with Crippen LogP contribution in [0.2, 0.25) is 0 Å². The Morgan fingerprint density at radius 2 is 0.342 bits per heavy atom. The molecule has 678 valence electrons. The van der Waals surface area contributed by atoms with Gasteiger partial charge in [0.15, 0.2) is 50.3 Å². The second kappa shape index (κ2) is 48.5. The van der Waals surface area contributed by atoms with Crippen LogP contribution < -0.4 is 0 Å². The second-order valence-corrected chi connectivity index (χ2v) is 38.6. The number of hydrogen-bond acceptors (Lipinski definition) is 44. The Hall–Kier alpha value is -0.600. The molecule has 40 atom stereocenters. The predicted octanol–water partition coefficient (Wildman–Crippen LogP) is -5.11. The third-order valence-electron chi connectivity index (χ3n) is 20.5. The largest absolute Gasteiger partial charge is 0.481 e. The molecule has 30 rings (SSSR count). The van der Waals surface area contributed by atoms with E-state index < -0.39 is 282 Å². The fourth-order valence-corrected chi connectivity index (χ4v) is 21.4. The molecule has 16 bridgehead atoms. The summed E-state index contributed by atoms with van der Waals surface area (Å²) < 4.78 is 101. The Labute approximate surface area is 708 Å². The van der Waals surface area contributed by atoms with Crippen LogP contribution >= 0.6 is 94.1 Å². The third-order valence-corrected chi connectivity index (χ3v) is 28.9. The monoisotopic (exact) mass is 1840 g/mol. The molecule has 0 aromatic rings. The molecule has 8 unspecified atom stereocenters. The van der Waals surface area contributed by atoms with Crippen LogP contribution in [0.15, 0.2) is 0 Å². The van der Waals surface area contributed by atoms with Gasteiger partial charge < -0.3 is 178 Å². The molecule has 30 aliphatic rings. The Morgan fingerprint density at radius 3 is 0.470 bits per heavy atom. The maximum absolute atomic E-state index is 12.3. The lowest BCUT2D eigenvalue weighted by Crippen LogP contribution is -2.69. The Balaban J connectivity index is 1.08. The lowest BCUT2D eigenvalue weighted by molar-refractivity contribution is -0.396. The molecule has 30 aliphatic heterocycles. The van der Waals surface area contributed by atoms with E-state index in [4.69, 9.17) is 75.8 Å². The van der Waals surface area contributed by atoms with E-state index in [0.29, 0.717) is 29.4 Å². The molecule has 0 radical (unpaired) electrons. The molecule has 0 aliphatic carbocycles. The molecule has 40 nitrogen and oxygen atoms in total. The second-order valence-electron chi connectivity index (χ2n) is 28.9. The molecule has 0 aromatic carbocycles. The highest BCUT2D eigenvalue weighted by molar-refractivity contribution is 8.00. The maximum Gasteiger partial charge on any atom is 0.304 e. The van der Waals surface area contributed by atoms with E-state index in [0.717, 1.165) is 47.0 Å². The van der Waals surface area contributed by atoms with Gasteiger partial charge in [0.25, 0.3) is 0 Å². The van der Waals surface area contributed by atoms with Crippen LogP contribution in [0.1, 0.15) is 59.8 Å². The number of carboxylic acid groups (broad SMARTS) is 4. The number of aliphatic hydroxyl groups is 16. The van der Waals surface area contributed by atoms with Crippen molar-refractivity contribution in [2.75, 3.05) is 92.0 Å². The van der Waals surface area contributed by atoms with Crippen LogP contribution in [0.5, 0.6) is 0 Å². The molecule has 0 amide bonds. The normalized spacial score (nSPS) is 44.4. The van der Waals surface area contributed by atoms with Gasteiger partial charge >= 0.3 is 23.9 Å². The molecule has 48 heteroatoms. The molecule has 0 spiro atoms. The first kappa shape index (κ1) is 100. The van der Waals surface area contributed by atoms with Gasteiger partial charge in [0, 0.05) is 69.0 Å². The molecule has 0 saturated carbocycles. The molecule has 117 heavy (non-hydrogen) atoms. The molecular formula is C69H114O40S8. The van der Waals surface area contributed by atoms with Gasteiger partial charge in [0.1, 0.15) is 146 Å². The smallest absolute Gasteiger partial charge is 0.304 e. The molecule has 30 saturated heterocycles. The summed E-state index contributed by atoms with van der Waals surface area (Å²) >= 11 is 9.01. The number of carbonyl (C=O) groups is 4. The van der Waals surface area contributed by atoms with Crippen molar-refractivity contribution in [2.45, 2.75) is 305 Å². The number of aliphatic carboxylic acids is 4. The van der Waals surface area contributed by atoms with Gasteiger partial charge in [0.05, 0.1) is 74.5 Å². The van der Waals surface area contributed by atoms with E-state index in [1.165, 1.54) is 47.0 Å². The van der Waals surface area contributed by atoms with E-state index in [1.807, 2.05) is 20.8 Å². The highest BCUT2D eigenvalue weighted by Gasteiger charge is 2.61. The number of ether oxygens (including phenoxy) is 16. The van der Waals surface area contributed by atoms with Gasteiger partial charge in [-0.2, -0.15) is 94.1 Å². The van der Waals surface area contributed by atoms with Crippen molar-refractivity contribution >= 4 is 118 Å². The summed E-state index contributed by atoms with van der Waals surface area (Å²) in [5.41, 5.74) is 0. The number of thioether (sulfide) groups is 8. The van der Waals surface area contributed by atoms with Gasteiger partial charge in [-0.15, -0.1) is 0 Å². The summed E-state index contributed by atoms with van der Waals surface area (Å²) in [5, 5.41) is 233. The first-order valence-corrected chi connectivity index (χ1v) is 47.9. The summed E-state index contributed by atoms with van der Waals surface area (Å²) in [6, 6.07) is 0. The van der Waals surface area contributed by atoms with E-state index in [2.05, 4.69) is 0 Å². The van der Waals surface area contributed by atoms with Crippen molar-refractivity contribution in [2.24, 2.45) is 0 Å². The standard InChI is InChI=1S/C69H114O40S8/c1-5-13-113-21-29-57-41(81)49(89)65(97-29)104-56-28(20-112-8-4)95-63(47(87)39(56)79)102-54-26(18-110-6-2)94-62(46(86)38(54)78)103-55-27(19-111-7-3)96-64(48(88)40(55)80)106-58-30(22-114-14-9-34(70)71)99-67(51(91)42(58)82)108-60-32(24-116-16-11-36(74)75)101-69(53(93)44(60)84)109-61-33(25-117-17-12-37(76)77)100-68(52(92)45(61)85)107-59-31(23-115-15-10-35(72)73)98-66(105-57)50(90)43(59)83/h26-33,38-69,78-93H,5-25H2,1-4H3,(H,70,71)(H,72,73)(H,74,75)(H,76,77)/t26-,27-,28-,29-,30-,31-,32-,33-,38-,39-,40-,41-,42-,43-,44-,45-,46-,47-,48-,49-,50-,51-,52-,53-,54?,55?,56?,57?,58?,59?,60?,61?,62-,63-,64-,65-,66-,67-,68-,69-/m1/s1. The lowest BCUT2D eigenvalue weighted by atomic mass is 9.95. The molecule has 0 aromatic heterocycles. The minimum Gasteiger partial charge on any atom is -0.481 e. The molecule has 30 heterocycles. The number of hydrogen-bond donors (Lipinski definition) is 20. The van der Waals surface area contributed by atoms with E-state index in [-0.39, 0.29) is 81.9 Å². The Kier molecular flexibility index (Phi) is 41.6. The van der Waals surface area contributed by atoms with E-state index in [9.17, 15) is 121 Å². The summed E-state index contributed by atoms with van der Waals surface area (Å²) in [5.74, 6) is -4.36. The summed E-state index contributed by atoms with van der Waals surface area (Å²) in [7, 11) is 0. The molecular weight excluding hydrogens is 1730 g/mol. The van der Waals surface area contributed by atoms with Crippen molar-refractivity contribution in [3.05, 3.63) is 0 Å². The molecule has 20 N–H and O–H groups in total. The minimum atomic E-state index is -2.24. The quantitative estimate of drug-likeness (QED) is 0.0273. The van der Waals surface area contributed by atoms with Crippen LogP contribution in [-0.4, -0.2) is 464 Å². The minimum absolute atomic E-state index is 0.0132. The van der Waals surface area contributed by atoms with E-state index in [1.54, 1.807) is 6.92 Å². The summed E-state index contributed by atoms with van der Waals surface area (Å²) in [6.45, 7) is 7.33. The number of carboxylic acids is 4. The number of rotatable bonds is 33. The fraction of sp³-hybridized carbons (Fsp3) is 0.942. The molecule has 30 fully saturated rings. The Morgan fingerprint density at radius 1 is 0.205 bits per heavy atom. The number of aliphatic hydroxyl groups excluding tert-OH is 16. The maximum atomic E-state index is 12.3. The van der Waals surface area contributed by atoms with Crippen LogP contribution in [-0.2, 0) is 95.0 Å². The first-order chi connectivity index (χ1) is 55.8. The van der Waals surface area contributed by atoms with Gasteiger partial charge in [-0.3, -0.25) is 19.2 Å². The topological polar surface area (TPSA) is 621 Å². The van der Waals surface area contributed by atoms with Crippen molar-refractivity contribution in [3.63, 3.8) is 0 Å². The van der Waals surface area contributed by atoms with Gasteiger partial charge in [-0.25, -0.2) is 0 Å². The summed E-state index contributed by atoms with van der Waals surface area (Å²) in [4.78, 5) is 47.0. The van der Waals surface area contributed by atoms with E-state index >= 15 is 0 Å². The van der Waals surface area contributed by atoms with Gasteiger partial charge in [0.2, 0.25) is 0 Å². The predicted molar refractivity (Wildman–Crippen MR) is 419 cm³/mol. The Bertz CT molecular complexity index is 2990. The highest BCUT2D eigenvalue weighted by atomic mass is 32.2. The highest BCUT2D eigenvalue weighted by Crippen LogP contribution is 2.43. The zero-order valence-electron chi connectivity index (χ0n) is 64.3. The van der Waals surface area contributed by atoms with Crippen molar-refractivity contribution in [1.29, 1.82) is 0 Å². The fourth-order valence-electron chi connectivity index (χ4n) is 14.3. The third kappa shape index (κ3) is 26.6. The van der Waals surface area contributed by atoms with Crippen LogP contribution in [0.4, 0.5) is 0 Å². The first-order valence-electron chi connectivity index (χ1n) is 38.7. The van der Waals surface area contributed by atoms with Gasteiger partial charge in [-0.05, 0) is 29.4 Å². The average Bonchev–Trinajstić information content (AvgIpc) is 0.761. The van der Waals surface area contributed by atoms with Crippen molar-refractivity contribution in [1.82, 2.24) is 0 Å². The van der Waals surface area contributed by atoms with Crippen molar-refractivity contribution < 1.29 is 197 Å². The van der Waals surface area contributed by atoms with Gasteiger partial charge in [-0.1, -0.05) is 27.7 Å². The van der Waals surface area contributed by atoms with Crippen molar-refractivity contribution in [3.8, 4) is 0 Å². The summed E-state index contributed by atoms with van der Waals surface area (Å²) in [6.07, 6.45) is -75.0. The zero-order valence-corrected chi connectivity index (χ0v) is 70.9. The van der Waals surface area contributed by atoms with Crippen LogP contribution in [0.25, 0.3) is 0 Å². The van der Waals surface area contributed by atoms with Crippen LogP contribution in [0.3, 0.4) is 0 Å². The zero-order chi connectivity index (χ0) is 85.2. The average molecular weight is 1840 g/mol. The SMILES string of the molecule is CCCSC[C@H]1O[C@@H]2OC3[C@@H](CSCC)O[C@H](OC4[C@@H](CSCC)O[C@H](OC5[C@@H](CSCC)O[C@H](OC6[C@@H](CSCCC(=O)O)O[C@H](OC7[C@@H](CSCCC(=O)O)O[C@H](OC8[C@@H](CSCCC(=O)O)O[C@H](OC9[C@@H](CSCCC(=O)O)O[C@H](OC1[C@H](O)[C@H]2O)[C@H](O)[C@H]9O)[C@H](O)[C@H]8O)[C@H](O)[C@H]7O)[C@H](O)[C@H]6O)[C@H](O)[C@H]5O)[C@H](O)[C@H]4O)[C@H](O)[C@H]3O.